The lowest BCUT2D eigenvalue weighted by atomic mass is 9.95. The predicted octanol–water partition coefficient (Wildman–Crippen LogP) is 2.16. The predicted molar refractivity (Wildman–Crippen MR) is 95.4 cm³/mol. The Morgan fingerprint density at radius 2 is 1.88 bits per heavy atom. The van der Waals surface area contributed by atoms with E-state index in [2.05, 4.69) is 5.32 Å². The molecule has 0 radical (unpaired) electrons. The molecule has 0 heterocycles. The molecule has 24 heavy (non-hydrogen) atoms. The van der Waals surface area contributed by atoms with Gasteiger partial charge in [-0.15, -0.1) is 0 Å². The van der Waals surface area contributed by atoms with Gasteiger partial charge in [-0.2, -0.15) is 0 Å². The first-order valence-electron chi connectivity index (χ1n) is 8.63. The maximum Gasteiger partial charge on any atom is 0.251 e. The third-order valence-corrected chi connectivity index (χ3v) is 4.81. The second-order valence-electron chi connectivity index (χ2n) is 7.40. The fraction of sp³-hybridized carbons (Fsp3) is 0.579. The van der Waals surface area contributed by atoms with Crippen molar-refractivity contribution in [3.05, 3.63) is 35.4 Å². The fourth-order valence-corrected chi connectivity index (χ4v) is 2.93. The van der Waals surface area contributed by atoms with Gasteiger partial charge < -0.3 is 16.0 Å². The van der Waals surface area contributed by atoms with Crippen LogP contribution in [0.25, 0.3) is 0 Å². The Balaban J connectivity index is 1.98. The van der Waals surface area contributed by atoms with E-state index < -0.39 is 0 Å². The van der Waals surface area contributed by atoms with Gasteiger partial charge >= 0.3 is 0 Å². The molecular weight excluding hydrogens is 302 g/mol. The van der Waals surface area contributed by atoms with E-state index in [4.69, 9.17) is 5.73 Å². The van der Waals surface area contributed by atoms with E-state index in [1.54, 1.807) is 11.9 Å². The Labute approximate surface area is 144 Å². The molecule has 3 N–H and O–H groups in total. The van der Waals surface area contributed by atoms with Gasteiger partial charge in [0.1, 0.15) is 0 Å². The molecule has 0 aromatic heterocycles. The molecule has 0 bridgehead atoms. The summed E-state index contributed by atoms with van der Waals surface area (Å²) in [4.78, 5) is 26.1. The van der Waals surface area contributed by atoms with E-state index in [9.17, 15) is 9.59 Å². The molecule has 1 aliphatic rings. The number of nitrogens with two attached hydrogens (primary N) is 1. The van der Waals surface area contributed by atoms with Crippen molar-refractivity contribution in [2.24, 2.45) is 17.6 Å². The van der Waals surface area contributed by atoms with Crippen LogP contribution in [0.5, 0.6) is 0 Å². The number of nitrogens with one attached hydrogen (secondary N) is 1. The molecule has 5 heteroatoms. The quantitative estimate of drug-likeness (QED) is 0.804. The minimum absolute atomic E-state index is 0.0172. The number of amides is 2. The zero-order valence-corrected chi connectivity index (χ0v) is 15.1. The summed E-state index contributed by atoms with van der Waals surface area (Å²) in [6.45, 7) is 6.79. The number of hydrogen-bond acceptors (Lipinski definition) is 3. The standard InChI is InChI=1S/C19H29N3O2/c1-13(2)18(24)22(4)11-14-5-7-15(8-6-14)17(23)21-19(3,12-20)16-9-10-16/h5-8,13,16H,9-12,20H2,1-4H3,(H,21,23). The zero-order valence-electron chi connectivity index (χ0n) is 15.1. The lowest BCUT2D eigenvalue weighted by Crippen LogP contribution is -2.53. The number of carbonyl (C=O) groups excluding carboxylic acids is 2. The van der Waals surface area contributed by atoms with Crippen LogP contribution in [0.4, 0.5) is 0 Å². The molecule has 2 rings (SSSR count). The summed E-state index contributed by atoms with van der Waals surface area (Å²) < 4.78 is 0. The van der Waals surface area contributed by atoms with E-state index >= 15 is 0 Å². The molecule has 5 nitrogen and oxygen atoms in total. The van der Waals surface area contributed by atoms with Crippen molar-refractivity contribution < 1.29 is 9.59 Å². The van der Waals surface area contributed by atoms with Crippen LogP contribution in [0, 0.1) is 11.8 Å². The SMILES string of the molecule is CC(C)C(=O)N(C)Cc1ccc(C(=O)NC(C)(CN)C2CC2)cc1. The summed E-state index contributed by atoms with van der Waals surface area (Å²) in [5.41, 5.74) is 7.16. The van der Waals surface area contributed by atoms with Crippen LogP contribution in [0.2, 0.25) is 0 Å². The Kier molecular flexibility index (Phi) is 5.65. The van der Waals surface area contributed by atoms with Crippen LogP contribution in [-0.2, 0) is 11.3 Å². The highest BCUT2D eigenvalue weighted by Gasteiger charge is 2.41. The van der Waals surface area contributed by atoms with E-state index in [-0.39, 0.29) is 23.3 Å². The third kappa shape index (κ3) is 4.35. The lowest BCUT2D eigenvalue weighted by molar-refractivity contribution is -0.133. The maximum atomic E-state index is 12.5. The average molecular weight is 331 g/mol. The van der Waals surface area contributed by atoms with Gasteiger partial charge in [0.25, 0.3) is 5.91 Å². The molecule has 2 amide bonds. The normalized spacial score (nSPS) is 16.6. The van der Waals surface area contributed by atoms with Crippen molar-refractivity contribution in [1.82, 2.24) is 10.2 Å². The number of carbonyl (C=O) groups is 2. The second-order valence-corrected chi connectivity index (χ2v) is 7.40. The first kappa shape index (κ1) is 18.5. The Hall–Kier alpha value is -1.88. The Morgan fingerprint density at radius 3 is 2.33 bits per heavy atom. The molecule has 1 unspecified atom stereocenters. The average Bonchev–Trinajstić information content (AvgIpc) is 3.39. The summed E-state index contributed by atoms with van der Waals surface area (Å²) in [5.74, 6) is 0.491. The van der Waals surface area contributed by atoms with E-state index in [1.807, 2.05) is 45.0 Å². The molecule has 1 atom stereocenters. The summed E-state index contributed by atoms with van der Waals surface area (Å²) in [6.07, 6.45) is 2.26. The van der Waals surface area contributed by atoms with Gasteiger partial charge in [0, 0.05) is 31.6 Å². The topological polar surface area (TPSA) is 75.4 Å². The summed E-state index contributed by atoms with van der Waals surface area (Å²) >= 11 is 0. The van der Waals surface area contributed by atoms with Crippen molar-refractivity contribution in [2.45, 2.75) is 45.7 Å². The van der Waals surface area contributed by atoms with Crippen LogP contribution in [-0.4, -0.2) is 35.8 Å². The monoisotopic (exact) mass is 331 g/mol. The van der Waals surface area contributed by atoms with Gasteiger partial charge in [-0.25, -0.2) is 0 Å². The number of rotatable bonds is 7. The number of benzene rings is 1. The van der Waals surface area contributed by atoms with E-state index in [1.165, 1.54) is 0 Å². The molecule has 1 fully saturated rings. The number of hydrogen-bond donors (Lipinski definition) is 2. The Bertz CT molecular complexity index is 593. The zero-order chi connectivity index (χ0) is 17.9. The van der Waals surface area contributed by atoms with Crippen molar-refractivity contribution >= 4 is 11.8 Å². The van der Waals surface area contributed by atoms with Gasteiger partial charge in [-0.05, 0) is 43.4 Å². The van der Waals surface area contributed by atoms with Crippen LogP contribution in [0.15, 0.2) is 24.3 Å². The van der Waals surface area contributed by atoms with Crippen LogP contribution in [0.1, 0.15) is 49.5 Å². The fourth-order valence-electron chi connectivity index (χ4n) is 2.93. The van der Waals surface area contributed by atoms with Crippen molar-refractivity contribution in [3.63, 3.8) is 0 Å². The molecule has 0 saturated heterocycles. The largest absolute Gasteiger partial charge is 0.345 e. The second kappa shape index (κ2) is 7.34. The summed E-state index contributed by atoms with van der Waals surface area (Å²) in [7, 11) is 1.80. The molecule has 132 valence electrons. The van der Waals surface area contributed by atoms with Crippen molar-refractivity contribution in [2.75, 3.05) is 13.6 Å². The summed E-state index contributed by atoms with van der Waals surface area (Å²) in [6, 6.07) is 7.41. The highest BCUT2D eigenvalue weighted by atomic mass is 16.2. The maximum absolute atomic E-state index is 12.5. The molecule has 1 aromatic carbocycles. The van der Waals surface area contributed by atoms with E-state index in [0.717, 1.165) is 18.4 Å². The molecule has 0 aliphatic heterocycles. The molecular formula is C19H29N3O2. The lowest BCUT2D eigenvalue weighted by Gasteiger charge is -2.29. The minimum atomic E-state index is -0.320. The first-order chi connectivity index (χ1) is 11.3. The first-order valence-corrected chi connectivity index (χ1v) is 8.63. The van der Waals surface area contributed by atoms with Gasteiger partial charge in [0.2, 0.25) is 5.91 Å². The Morgan fingerprint density at radius 1 is 1.29 bits per heavy atom. The third-order valence-electron chi connectivity index (χ3n) is 4.81. The van der Waals surface area contributed by atoms with Crippen LogP contribution < -0.4 is 11.1 Å². The molecule has 1 aromatic rings. The van der Waals surface area contributed by atoms with Crippen LogP contribution in [0.3, 0.4) is 0 Å². The molecule has 0 spiro atoms. The van der Waals surface area contributed by atoms with Gasteiger partial charge in [0.15, 0.2) is 0 Å². The van der Waals surface area contributed by atoms with Crippen LogP contribution >= 0.6 is 0 Å². The summed E-state index contributed by atoms with van der Waals surface area (Å²) in [5, 5.41) is 3.09. The highest BCUT2D eigenvalue weighted by molar-refractivity contribution is 5.94. The number of nitrogens with zero attached hydrogens (tertiary/aromatic N) is 1. The van der Waals surface area contributed by atoms with Crippen molar-refractivity contribution in [3.8, 4) is 0 Å². The van der Waals surface area contributed by atoms with Crippen molar-refractivity contribution in [1.29, 1.82) is 0 Å². The van der Waals surface area contributed by atoms with Gasteiger partial charge in [-0.3, -0.25) is 9.59 Å². The van der Waals surface area contributed by atoms with Gasteiger partial charge in [-0.1, -0.05) is 26.0 Å². The molecule has 1 aliphatic carbocycles. The van der Waals surface area contributed by atoms with E-state index in [0.29, 0.717) is 24.6 Å². The highest BCUT2D eigenvalue weighted by Crippen LogP contribution is 2.39. The molecule has 1 saturated carbocycles. The smallest absolute Gasteiger partial charge is 0.251 e. The minimum Gasteiger partial charge on any atom is -0.345 e. The van der Waals surface area contributed by atoms with Gasteiger partial charge in [0.05, 0.1) is 5.54 Å².